The molecule has 0 atom stereocenters. The molecule has 124 valence electrons. The molecule has 0 saturated heterocycles. The number of hydrogen-bond acceptors (Lipinski definition) is 6. The van der Waals surface area contributed by atoms with Crippen molar-refractivity contribution in [1.29, 1.82) is 0 Å². The summed E-state index contributed by atoms with van der Waals surface area (Å²) >= 11 is 1.38. The standard InChI is InChI=1S/C17H16N2O4S/c1-3-22-14-6-4-12(5-7-14)16(21)23-9-13-8-15(20)19-11(2)10-24-17(19)18-13/h4-8,10H,3,9H2,1-2H3. The lowest BCUT2D eigenvalue weighted by Gasteiger charge is -2.06. The number of fused-ring (bicyclic) bond motifs is 1. The molecule has 3 aromatic rings. The van der Waals surface area contributed by atoms with E-state index < -0.39 is 5.97 Å². The maximum absolute atomic E-state index is 12.1. The van der Waals surface area contributed by atoms with Crippen LogP contribution in [0.15, 0.2) is 40.5 Å². The van der Waals surface area contributed by atoms with Gasteiger partial charge in [0.15, 0.2) is 4.96 Å². The van der Waals surface area contributed by atoms with E-state index in [1.54, 1.807) is 24.3 Å². The number of aryl methyl sites for hydroxylation is 1. The number of hydrogen-bond donors (Lipinski definition) is 0. The normalized spacial score (nSPS) is 10.8. The van der Waals surface area contributed by atoms with Gasteiger partial charge in [-0.2, -0.15) is 0 Å². The van der Waals surface area contributed by atoms with Gasteiger partial charge in [-0.1, -0.05) is 0 Å². The quantitative estimate of drug-likeness (QED) is 0.666. The molecule has 0 amide bonds. The minimum absolute atomic E-state index is 0.0469. The van der Waals surface area contributed by atoms with Gasteiger partial charge in [0.05, 0.1) is 17.9 Å². The third-order valence-electron chi connectivity index (χ3n) is 3.38. The highest BCUT2D eigenvalue weighted by atomic mass is 32.1. The minimum atomic E-state index is -0.470. The van der Waals surface area contributed by atoms with Crippen LogP contribution in [-0.4, -0.2) is 22.0 Å². The first-order valence-electron chi connectivity index (χ1n) is 7.45. The summed E-state index contributed by atoms with van der Waals surface area (Å²) in [4.78, 5) is 29.1. The third-order valence-corrected chi connectivity index (χ3v) is 4.32. The van der Waals surface area contributed by atoms with Gasteiger partial charge in [-0.15, -0.1) is 11.3 Å². The molecule has 0 fully saturated rings. The number of aromatic nitrogens is 2. The van der Waals surface area contributed by atoms with Crippen molar-refractivity contribution in [1.82, 2.24) is 9.38 Å². The molecule has 0 unspecified atom stereocenters. The molecule has 0 aliphatic heterocycles. The van der Waals surface area contributed by atoms with Crippen LogP contribution in [-0.2, 0) is 11.3 Å². The molecule has 0 spiro atoms. The topological polar surface area (TPSA) is 69.9 Å². The first kappa shape index (κ1) is 16.2. The van der Waals surface area contributed by atoms with E-state index in [9.17, 15) is 9.59 Å². The second-order valence-corrected chi connectivity index (χ2v) is 5.95. The molecule has 24 heavy (non-hydrogen) atoms. The minimum Gasteiger partial charge on any atom is -0.494 e. The van der Waals surface area contributed by atoms with Crippen LogP contribution in [0.4, 0.5) is 0 Å². The summed E-state index contributed by atoms with van der Waals surface area (Å²) in [5, 5.41) is 1.86. The van der Waals surface area contributed by atoms with Gasteiger partial charge < -0.3 is 9.47 Å². The van der Waals surface area contributed by atoms with E-state index in [1.165, 1.54) is 21.8 Å². The van der Waals surface area contributed by atoms with E-state index in [2.05, 4.69) is 4.98 Å². The highest BCUT2D eigenvalue weighted by molar-refractivity contribution is 7.15. The van der Waals surface area contributed by atoms with E-state index in [4.69, 9.17) is 9.47 Å². The molecule has 0 aliphatic rings. The maximum atomic E-state index is 12.1. The van der Waals surface area contributed by atoms with Crippen LogP contribution in [0, 0.1) is 6.92 Å². The molecular formula is C17H16N2O4S. The Labute approximate surface area is 142 Å². The van der Waals surface area contributed by atoms with Gasteiger partial charge in [-0.3, -0.25) is 9.20 Å². The number of benzene rings is 1. The Morgan fingerprint density at radius 2 is 2.04 bits per heavy atom. The summed E-state index contributed by atoms with van der Waals surface area (Å²) in [6.45, 7) is 4.26. The van der Waals surface area contributed by atoms with Crippen LogP contribution in [0.25, 0.3) is 4.96 Å². The van der Waals surface area contributed by atoms with Crippen molar-refractivity contribution < 1.29 is 14.3 Å². The van der Waals surface area contributed by atoms with Crippen molar-refractivity contribution in [2.24, 2.45) is 0 Å². The van der Waals surface area contributed by atoms with Crippen LogP contribution in [0.1, 0.15) is 28.7 Å². The largest absolute Gasteiger partial charge is 0.494 e. The highest BCUT2D eigenvalue weighted by Gasteiger charge is 2.11. The first-order chi connectivity index (χ1) is 11.6. The van der Waals surface area contributed by atoms with Gasteiger partial charge in [0.1, 0.15) is 12.4 Å². The Morgan fingerprint density at radius 3 is 2.75 bits per heavy atom. The Morgan fingerprint density at radius 1 is 1.29 bits per heavy atom. The Balaban J connectivity index is 1.71. The molecule has 0 N–H and O–H groups in total. The molecular weight excluding hydrogens is 328 g/mol. The Kier molecular flexibility index (Phi) is 4.61. The number of ether oxygens (including phenoxy) is 2. The fraction of sp³-hybridized carbons (Fsp3) is 0.235. The molecule has 1 aromatic carbocycles. The molecule has 0 bridgehead atoms. The molecule has 0 aliphatic carbocycles. The zero-order valence-electron chi connectivity index (χ0n) is 13.3. The molecule has 2 aromatic heterocycles. The fourth-order valence-electron chi connectivity index (χ4n) is 2.25. The molecule has 6 nitrogen and oxygen atoms in total. The number of esters is 1. The first-order valence-corrected chi connectivity index (χ1v) is 8.33. The van der Waals surface area contributed by atoms with Crippen LogP contribution >= 0.6 is 11.3 Å². The van der Waals surface area contributed by atoms with Gasteiger partial charge in [0, 0.05) is 17.1 Å². The smallest absolute Gasteiger partial charge is 0.338 e. The fourth-order valence-corrected chi connectivity index (χ4v) is 3.14. The summed E-state index contributed by atoms with van der Waals surface area (Å²) < 4.78 is 12.1. The predicted molar refractivity (Wildman–Crippen MR) is 90.8 cm³/mol. The van der Waals surface area contributed by atoms with E-state index in [0.29, 0.717) is 28.6 Å². The van der Waals surface area contributed by atoms with Crippen molar-refractivity contribution in [3.63, 3.8) is 0 Å². The van der Waals surface area contributed by atoms with E-state index in [0.717, 1.165) is 5.69 Å². The summed E-state index contributed by atoms with van der Waals surface area (Å²) in [5.74, 6) is 0.227. The van der Waals surface area contributed by atoms with E-state index in [-0.39, 0.29) is 12.2 Å². The van der Waals surface area contributed by atoms with Crippen LogP contribution < -0.4 is 10.3 Å². The molecule has 0 radical (unpaired) electrons. The summed E-state index contributed by atoms with van der Waals surface area (Å²) in [6.07, 6.45) is 0. The average molecular weight is 344 g/mol. The van der Waals surface area contributed by atoms with Crippen LogP contribution in [0.2, 0.25) is 0 Å². The number of thiazole rings is 1. The van der Waals surface area contributed by atoms with Gasteiger partial charge >= 0.3 is 5.97 Å². The number of carbonyl (C=O) groups excluding carboxylic acids is 1. The van der Waals surface area contributed by atoms with Gasteiger partial charge in [-0.25, -0.2) is 9.78 Å². The second kappa shape index (κ2) is 6.84. The van der Waals surface area contributed by atoms with E-state index in [1.807, 2.05) is 19.2 Å². The lowest BCUT2D eigenvalue weighted by molar-refractivity contribution is 0.0467. The number of nitrogens with zero attached hydrogens (tertiary/aromatic N) is 2. The Hall–Kier alpha value is -2.67. The molecule has 7 heteroatoms. The van der Waals surface area contributed by atoms with Crippen LogP contribution in [0.3, 0.4) is 0 Å². The SMILES string of the molecule is CCOc1ccc(C(=O)OCc2cc(=O)n3c(C)csc3n2)cc1. The van der Waals surface area contributed by atoms with Crippen molar-refractivity contribution in [2.45, 2.75) is 20.5 Å². The lowest BCUT2D eigenvalue weighted by Crippen LogP contribution is -2.16. The lowest BCUT2D eigenvalue weighted by atomic mass is 10.2. The van der Waals surface area contributed by atoms with Gasteiger partial charge in [0.25, 0.3) is 5.56 Å². The molecule has 0 saturated carbocycles. The maximum Gasteiger partial charge on any atom is 0.338 e. The van der Waals surface area contributed by atoms with Gasteiger partial charge in [0.2, 0.25) is 0 Å². The zero-order chi connectivity index (χ0) is 17.1. The number of carbonyl (C=O) groups is 1. The van der Waals surface area contributed by atoms with Gasteiger partial charge in [-0.05, 0) is 38.1 Å². The summed E-state index contributed by atoms with van der Waals surface area (Å²) in [5.41, 5.74) is 1.51. The summed E-state index contributed by atoms with van der Waals surface area (Å²) in [7, 11) is 0. The predicted octanol–water partition coefficient (Wildman–Crippen LogP) is 2.82. The highest BCUT2D eigenvalue weighted by Crippen LogP contribution is 2.14. The third kappa shape index (κ3) is 3.30. The van der Waals surface area contributed by atoms with E-state index >= 15 is 0 Å². The van der Waals surface area contributed by atoms with Crippen molar-refractivity contribution in [3.8, 4) is 5.75 Å². The van der Waals surface area contributed by atoms with Crippen molar-refractivity contribution in [3.05, 3.63) is 63.0 Å². The second-order valence-electron chi connectivity index (χ2n) is 5.11. The Bertz CT molecular complexity index is 928. The summed E-state index contributed by atoms with van der Waals surface area (Å²) in [6, 6.07) is 8.09. The number of rotatable bonds is 5. The molecule has 2 heterocycles. The monoisotopic (exact) mass is 344 g/mol. The average Bonchev–Trinajstić information content (AvgIpc) is 2.95. The van der Waals surface area contributed by atoms with Crippen LogP contribution in [0.5, 0.6) is 5.75 Å². The van der Waals surface area contributed by atoms with Crippen molar-refractivity contribution in [2.75, 3.05) is 6.61 Å². The van der Waals surface area contributed by atoms with Crippen molar-refractivity contribution >= 4 is 22.3 Å². The zero-order valence-corrected chi connectivity index (χ0v) is 14.1. The molecule has 3 rings (SSSR count).